The number of pyridine rings is 1. The lowest BCUT2D eigenvalue weighted by molar-refractivity contribution is 0.0949. The number of nitrogens with zero attached hydrogens (tertiary/aromatic N) is 3. The van der Waals surface area contributed by atoms with Gasteiger partial charge in [0.2, 0.25) is 0 Å². The molecule has 4 aromatic heterocycles. The Balaban J connectivity index is 1.38. The minimum absolute atomic E-state index is 0.176. The number of H-pyrrole nitrogens is 1. The fourth-order valence-electron chi connectivity index (χ4n) is 2.71. The lowest BCUT2D eigenvalue weighted by Gasteiger charge is -2.03. The summed E-state index contributed by atoms with van der Waals surface area (Å²) in [5, 5.41) is 9.96. The number of nitrogens with one attached hydrogen (secondary N) is 2. The molecule has 126 valence electrons. The standard InChI is InChI=1S/C18H17N5OS/c1-12-5-6-16(25-12)14-10-15(22-21-14)18(24)19-8-7-13-11-20-17-4-2-3-9-23(13)17/h2-6,9-11H,7-8H2,1H3,(H,19,24)(H,21,22). The molecule has 0 atom stereocenters. The van der Waals surface area contributed by atoms with Crippen molar-refractivity contribution in [2.75, 3.05) is 6.54 Å². The fourth-order valence-corrected chi connectivity index (χ4v) is 3.54. The number of hydrogen-bond donors (Lipinski definition) is 2. The zero-order valence-electron chi connectivity index (χ0n) is 13.7. The van der Waals surface area contributed by atoms with Crippen LogP contribution in [-0.2, 0) is 6.42 Å². The molecule has 0 aliphatic heterocycles. The molecule has 0 unspecified atom stereocenters. The molecule has 1 amide bonds. The van der Waals surface area contributed by atoms with Gasteiger partial charge in [-0.25, -0.2) is 4.98 Å². The van der Waals surface area contributed by atoms with Crippen molar-refractivity contribution >= 4 is 22.9 Å². The van der Waals surface area contributed by atoms with Crippen molar-refractivity contribution in [2.45, 2.75) is 13.3 Å². The van der Waals surface area contributed by atoms with Crippen molar-refractivity contribution in [3.63, 3.8) is 0 Å². The highest BCUT2D eigenvalue weighted by atomic mass is 32.1. The largest absolute Gasteiger partial charge is 0.350 e. The molecule has 4 aromatic rings. The number of amides is 1. The van der Waals surface area contributed by atoms with Gasteiger partial charge in [0.05, 0.1) is 10.6 Å². The van der Waals surface area contributed by atoms with Crippen LogP contribution in [0.3, 0.4) is 0 Å². The summed E-state index contributed by atoms with van der Waals surface area (Å²) in [5.41, 5.74) is 3.24. The number of rotatable bonds is 5. The lowest BCUT2D eigenvalue weighted by Crippen LogP contribution is -2.26. The Bertz CT molecular complexity index is 1030. The Morgan fingerprint density at radius 3 is 3.08 bits per heavy atom. The van der Waals surface area contributed by atoms with E-state index in [0.29, 0.717) is 18.7 Å². The first-order chi connectivity index (χ1) is 12.2. The third kappa shape index (κ3) is 3.18. The van der Waals surface area contributed by atoms with Crippen LogP contribution in [0.15, 0.2) is 48.8 Å². The minimum Gasteiger partial charge on any atom is -0.350 e. The van der Waals surface area contributed by atoms with Crippen molar-refractivity contribution < 1.29 is 4.79 Å². The van der Waals surface area contributed by atoms with Gasteiger partial charge < -0.3 is 9.72 Å². The van der Waals surface area contributed by atoms with Crippen LogP contribution in [0.4, 0.5) is 0 Å². The van der Waals surface area contributed by atoms with Gasteiger partial charge in [0.15, 0.2) is 5.69 Å². The van der Waals surface area contributed by atoms with Crippen molar-refractivity contribution in [1.82, 2.24) is 24.9 Å². The maximum atomic E-state index is 12.3. The molecule has 0 aliphatic rings. The van der Waals surface area contributed by atoms with Crippen LogP contribution in [0.2, 0.25) is 0 Å². The minimum atomic E-state index is -0.176. The van der Waals surface area contributed by atoms with Gasteiger partial charge in [-0.2, -0.15) is 5.10 Å². The molecule has 4 rings (SSSR count). The van der Waals surface area contributed by atoms with Crippen LogP contribution in [-0.4, -0.2) is 32.0 Å². The second-order valence-electron chi connectivity index (χ2n) is 5.76. The Labute approximate surface area is 148 Å². The summed E-state index contributed by atoms with van der Waals surface area (Å²) in [6, 6.07) is 11.7. The maximum Gasteiger partial charge on any atom is 0.271 e. The Hall–Kier alpha value is -2.93. The number of carbonyl (C=O) groups excluding carboxylic acids is 1. The van der Waals surface area contributed by atoms with Gasteiger partial charge in [0.1, 0.15) is 5.65 Å². The number of hydrogen-bond acceptors (Lipinski definition) is 4. The number of aromatic amines is 1. The average molecular weight is 351 g/mol. The summed E-state index contributed by atoms with van der Waals surface area (Å²) in [7, 11) is 0. The van der Waals surface area contributed by atoms with Crippen LogP contribution >= 0.6 is 11.3 Å². The topological polar surface area (TPSA) is 75.1 Å². The predicted molar refractivity (Wildman–Crippen MR) is 97.9 cm³/mol. The van der Waals surface area contributed by atoms with E-state index in [9.17, 15) is 4.79 Å². The number of aromatic nitrogens is 4. The van der Waals surface area contributed by atoms with Gasteiger partial charge >= 0.3 is 0 Å². The van der Waals surface area contributed by atoms with Crippen LogP contribution in [0.5, 0.6) is 0 Å². The SMILES string of the molecule is Cc1ccc(-c2cc(C(=O)NCCc3cnc4ccccn34)n[nH]2)s1. The molecular weight excluding hydrogens is 334 g/mol. The summed E-state index contributed by atoms with van der Waals surface area (Å²) in [6.07, 6.45) is 4.52. The first kappa shape index (κ1) is 15.6. The van der Waals surface area contributed by atoms with Crippen LogP contribution in [0, 0.1) is 6.92 Å². The highest BCUT2D eigenvalue weighted by Crippen LogP contribution is 2.26. The summed E-state index contributed by atoms with van der Waals surface area (Å²) in [4.78, 5) is 18.9. The highest BCUT2D eigenvalue weighted by molar-refractivity contribution is 7.15. The molecule has 0 fully saturated rings. The molecule has 0 bridgehead atoms. The van der Waals surface area contributed by atoms with E-state index < -0.39 is 0 Å². The molecule has 0 saturated heterocycles. The van der Waals surface area contributed by atoms with E-state index in [1.807, 2.05) is 41.1 Å². The molecule has 0 saturated carbocycles. The second kappa shape index (κ2) is 6.52. The van der Waals surface area contributed by atoms with Crippen molar-refractivity contribution in [2.24, 2.45) is 0 Å². The molecule has 0 aliphatic carbocycles. The van der Waals surface area contributed by atoms with Crippen LogP contribution < -0.4 is 5.32 Å². The van der Waals surface area contributed by atoms with Gasteiger partial charge in [-0.3, -0.25) is 9.89 Å². The predicted octanol–water partition coefficient (Wildman–Crippen LogP) is 3.07. The van der Waals surface area contributed by atoms with Crippen LogP contribution in [0.25, 0.3) is 16.2 Å². The zero-order chi connectivity index (χ0) is 17.2. The van der Waals surface area contributed by atoms with Gasteiger partial charge in [-0.15, -0.1) is 11.3 Å². The maximum absolute atomic E-state index is 12.3. The fraction of sp³-hybridized carbons (Fsp3) is 0.167. The monoisotopic (exact) mass is 351 g/mol. The third-order valence-electron chi connectivity index (χ3n) is 3.98. The Morgan fingerprint density at radius 1 is 1.32 bits per heavy atom. The Kier molecular flexibility index (Phi) is 4.07. The molecule has 6 nitrogen and oxygen atoms in total. The van der Waals surface area contributed by atoms with E-state index in [0.717, 1.165) is 21.9 Å². The van der Waals surface area contributed by atoms with E-state index in [4.69, 9.17) is 0 Å². The van der Waals surface area contributed by atoms with E-state index in [-0.39, 0.29) is 5.91 Å². The van der Waals surface area contributed by atoms with Gasteiger partial charge in [0.25, 0.3) is 5.91 Å². The summed E-state index contributed by atoms with van der Waals surface area (Å²) in [6.45, 7) is 2.58. The molecule has 7 heteroatoms. The summed E-state index contributed by atoms with van der Waals surface area (Å²) in [5.74, 6) is -0.176. The molecule has 4 heterocycles. The highest BCUT2D eigenvalue weighted by Gasteiger charge is 2.12. The third-order valence-corrected chi connectivity index (χ3v) is 5.01. The zero-order valence-corrected chi connectivity index (χ0v) is 14.5. The number of carbonyl (C=O) groups is 1. The average Bonchev–Trinajstić information content (AvgIpc) is 3.34. The molecule has 25 heavy (non-hydrogen) atoms. The Morgan fingerprint density at radius 2 is 2.24 bits per heavy atom. The van der Waals surface area contributed by atoms with Crippen molar-refractivity contribution in [3.05, 3.63) is 65.1 Å². The van der Waals surface area contributed by atoms with E-state index in [2.05, 4.69) is 33.5 Å². The molecule has 0 spiro atoms. The van der Waals surface area contributed by atoms with Gasteiger partial charge in [-0.05, 0) is 37.3 Å². The molecule has 0 radical (unpaired) electrons. The quantitative estimate of drug-likeness (QED) is 0.580. The summed E-state index contributed by atoms with van der Waals surface area (Å²) >= 11 is 1.67. The summed E-state index contributed by atoms with van der Waals surface area (Å²) < 4.78 is 2.03. The molecular formula is C18H17N5OS. The first-order valence-electron chi connectivity index (χ1n) is 8.02. The van der Waals surface area contributed by atoms with Crippen molar-refractivity contribution in [3.8, 4) is 10.6 Å². The molecule has 2 N–H and O–H groups in total. The number of imidazole rings is 1. The van der Waals surface area contributed by atoms with Gasteiger partial charge in [-0.1, -0.05) is 6.07 Å². The van der Waals surface area contributed by atoms with E-state index >= 15 is 0 Å². The normalized spacial score (nSPS) is 11.1. The number of aryl methyl sites for hydroxylation is 1. The van der Waals surface area contributed by atoms with E-state index in [1.54, 1.807) is 17.4 Å². The first-order valence-corrected chi connectivity index (χ1v) is 8.84. The van der Waals surface area contributed by atoms with Gasteiger partial charge in [0, 0.05) is 35.9 Å². The lowest BCUT2D eigenvalue weighted by atomic mass is 10.3. The number of thiophene rings is 1. The van der Waals surface area contributed by atoms with E-state index in [1.165, 1.54) is 4.88 Å². The smallest absolute Gasteiger partial charge is 0.271 e. The van der Waals surface area contributed by atoms with Crippen LogP contribution in [0.1, 0.15) is 21.1 Å². The number of fused-ring (bicyclic) bond motifs is 1. The second-order valence-corrected chi connectivity index (χ2v) is 7.05. The van der Waals surface area contributed by atoms with Crippen molar-refractivity contribution in [1.29, 1.82) is 0 Å². The molecule has 0 aromatic carbocycles.